The Labute approximate surface area is 136 Å². The van der Waals surface area contributed by atoms with E-state index in [1.807, 2.05) is 12.4 Å². The van der Waals surface area contributed by atoms with E-state index in [2.05, 4.69) is 29.2 Å². The van der Waals surface area contributed by atoms with Crippen molar-refractivity contribution in [3.63, 3.8) is 0 Å². The summed E-state index contributed by atoms with van der Waals surface area (Å²) < 4.78 is 14.8. The first-order valence-corrected chi connectivity index (χ1v) is 7.39. The fraction of sp³-hybridized carbons (Fsp3) is 0.438. The largest absolute Gasteiger partial charge is 0.311 e. The van der Waals surface area contributed by atoms with Gasteiger partial charge in [0.15, 0.2) is 0 Å². The first-order chi connectivity index (χ1) is 10.1. The maximum absolute atomic E-state index is 13.0. The molecule has 0 aliphatic carbocycles. The van der Waals surface area contributed by atoms with E-state index in [4.69, 9.17) is 0 Å². The van der Waals surface area contributed by atoms with Crippen molar-refractivity contribution in [2.24, 2.45) is 0 Å². The van der Waals surface area contributed by atoms with E-state index in [0.717, 1.165) is 25.3 Å². The van der Waals surface area contributed by atoms with Gasteiger partial charge in [-0.05, 0) is 38.1 Å². The highest BCUT2D eigenvalue weighted by molar-refractivity contribution is 5.85. The maximum Gasteiger partial charge on any atom is 0.123 e. The number of piperazine rings is 1. The van der Waals surface area contributed by atoms with E-state index in [1.165, 1.54) is 17.7 Å². The minimum absolute atomic E-state index is 0. The van der Waals surface area contributed by atoms with E-state index in [0.29, 0.717) is 12.1 Å². The lowest BCUT2D eigenvalue weighted by Gasteiger charge is -2.37. The fourth-order valence-corrected chi connectivity index (χ4v) is 2.73. The SMILES string of the molecule is CC1CN(Cc2cnn(-c3ccc(F)cc3)c2)C(C)CN1.Cl. The van der Waals surface area contributed by atoms with Gasteiger partial charge in [0.2, 0.25) is 0 Å². The summed E-state index contributed by atoms with van der Waals surface area (Å²) in [4.78, 5) is 2.47. The van der Waals surface area contributed by atoms with Gasteiger partial charge in [-0.2, -0.15) is 5.10 Å². The van der Waals surface area contributed by atoms with Crippen molar-refractivity contribution in [2.45, 2.75) is 32.5 Å². The van der Waals surface area contributed by atoms with Crippen molar-refractivity contribution in [3.05, 3.63) is 48.0 Å². The van der Waals surface area contributed by atoms with Crippen LogP contribution in [-0.4, -0.2) is 39.9 Å². The third-order valence-electron chi connectivity index (χ3n) is 4.01. The van der Waals surface area contributed by atoms with E-state index >= 15 is 0 Å². The number of rotatable bonds is 3. The zero-order valence-electron chi connectivity index (χ0n) is 12.9. The minimum Gasteiger partial charge on any atom is -0.311 e. The Bertz CT molecular complexity index is 598. The second-order valence-corrected chi connectivity index (χ2v) is 5.86. The molecule has 1 saturated heterocycles. The van der Waals surface area contributed by atoms with Crippen LogP contribution in [0.2, 0.25) is 0 Å². The van der Waals surface area contributed by atoms with Gasteiger partial charge in [-0.3, -0.25) is 4.90 Å². The van der Waals surface area contributed by atoms with Crippen molar-refractivity contribution < 1.29 is 4.39 Å². The zero-order valence-corrected chi connectivity index (χ0v) is 13.7. The molecule has 0 saturated carbocycles. The van der Waals surface area contributed by atoms with Crippen LogP contribution in [0.4, 0.5) is 4.39 Å². The van der Waals surface area contributed by atoms with Crippen LogP contribution in [0.25, 0.3) is 5.69 Å². The smallest absolute Gasteiger partial charge is 0.123 e. The molecule has 0 radical (unpaired) electrons. The predicted octanol–water partition coefficient (Wildman–Crippen LogP) is 2.62. The van der Waals surface area contributed by atoms with E-state index in [-0.39, 0.29) is 18.2 Å². The Morgan fingerprint density at radius 3 is 2.73 bits per heavy atom. The molecule has 1 aliphatic rings. The molecule has 1 aromatic heterocycles. The Morgan fingerprint density at radius 2 is 2.00 bits per heavy atom. The summed E-state index contributed by atoms with van der Waals surface area (Å²) in [6.07, 6.45) is 3.91. The monoisotopic (exact) mass is 324 g/mol. The molecule has 2 atom stereocenters. The van der Waals surface area contributed by atoms with Crippen LogP contribution in [-0.2, 0) is 6.54 Å². The third-order valence-corrected chi connectivity index (χ3v) is 4.01. The van der Waals surface area contributed by atoms with Crippen LogP contribution in [0.1, 0.15) is 19.4 Å². The van der Waals surface area contributed by atoms with Gasteiger partial charge in [-0.25, -0.2) is 9.07 Å². The summed E-state index contributed by atoms with van der Waals surface area (Å²) in [5, 5.41) is 7.86. The van der Waals surface area contributed by atoms with Crippen molar-refractivity contribution in [2.75, 3.05) is 13.1 Å². The highest BCUT2D eigenvalue weighted by atomic mass is 35.5. The predicted molar refractivity (Wildman–Crippen MR) is 88.1 cm³/mol. The number of benzene rings is 1. The molecule has 2 aromatic rings. The summed E-state index contributed by atoms with van der Waals surface area (Å²) >= 11 is 0. The van der Waals surface area contributed by atoms with Gasteiger partial charge in [0.1, 0.15) is 5.82 Å². The average Bonchev–Trinajstić information content (AvgIpc) is 2.92. The normalized spacial score (nSPS) is 22.3. The summed E-state index contributed by atoms with van der Waals surface area (Å²) in [6.45, 7) is 7.41. The molecule has 1 fully saturated rings. The number of hydrogen-bond donors (Lipinski definition) is 1. The summed E-state index contributed by atoms with van der Waals surface area (Å²) in [6, 6.07) is 7.43. The summed E-state index contributed by atoms with van der Waals surface area (Å²) in [7, 11) is 0. The zero-order chi connectivity index (χ0) is 14.8. The van der Waals surface area contributed by atoms with Gasteiger partial charge in [0.05, 0.1) is 11.9 Å². The molecule has 1 N–H and O–H groups in total. The minimum atomic E-state index is -0.227. The molecule has 1 aliphatic heterocycles. The number of nitrogens with one attached hydrogen (secondary N) is 1. The lowest BCUT2D eigenvalue weighted by Crippen LogP contribution is -2.53. The molecule has 0 amide bonds. The van der Waals surface area contributed by atoms with E-state index < -0.39 is 0 Å². The Balaban J connectivity index is 0.00000176. The Hall–Kier alpha value is -1.43. The molecule has 1 aromatic carbocycles. The van der Waals surface area contributed by atoms with Crippen molar-refractivity contribution in [1.82, 2.24) is 20.0 Å². The summed E-state index contributed by atoms with van der Waals surface area (Å²) in [5.74, 6) is -0.227. The van der Waals surface area contributed by atoms with E-state index in [1.54, 1.807) is 16.8 Å². The van der Waals surface area contributed by atoms with Crippen LogP contribution >= 0.6 is 12.4 Å². The lowest BCUT2D eigenvalue weighted by atomic mass is 10.1. The number of nitrogens with zero attached hydrogens (tertiary/aromatic N) is 3. The topological polar surface area (TPSA) is 33.1 Å². The molecule has 22 heavy (non-hydrogen) atoms. The first kappa shape index (κ1) is 16.9. The molecule has 2 heterocycles. The fourth-order valence-electron chi connectivity index (χ4n) is 2.73. The second kappa shape index (κ2) is 7.22. The second-order valence-electron chi connectivity index (χ2n) is 5.86. The summed E-state index contributed by atoms with van der Waals surface area (Å²) in [5.41, 5.74) is 2.06. The molecule has 0 bridgehead atoms. The van der Waals surface area contributed by atoms with Gasteiger partial charge in [-0.1, -0.05) is 0 Å². The third kappa shape index (κ3) is 3.85. The number of hydrogen-bond acceptors (Lipinski definition) is 3. The van der Waals surface area contributed by atoms with Gasteiger partial charge in [-0.15, -0.1) is 12.4 Å². The molecule has 3 rings (SSSR count). The van der Waals surface area contributed by atoms with Crippen molar-refractivity contribution >= 4 is 12.4 Å². The van der Waals surface area contributed by atoms with Gasteiger partial charge >= 0.3 is 0 Å². The highest BCUT2D eigenvalue weighted by Gasteiger charge is 2.22. The van der Waals surface area contributed by atoms with Crippen LogP contribution in [0.3, 0.4) is 0 Å². The molecular formula is C16H22ClFN4. The van der Waals surface area contributed by atoms with Crippen molar-refractivity contribution in [3.8, 4) is 5.69 Å². The number of aromatic nitrogens is 2. The lowest BCUT2D eigenvalue weighted by molar-refractivity contribution is 0.139. The van der Waals surface area contributed by atoms with Gasteiger partial charge in [0.25, 0.3) is 0 Å². The molecule has 0 spiro atoms. The first-order valence-electron chi connectivity index (χ1n) is 7.39. The average molecular weight is 325 g/mol. The standard InChI is InChI=1S/C16H21FN4.ClH/c1-12-9-20(13(2)7-18-12)10-14-8-19-21(11-14)16-5-3-15(17)4-6-16;/h3-6,8,11-13,18H,7,9-10H2,1-2H3;1H. The van der Waals surface area contributed by atoms with Crippen LogP contribution < -0.4 is 5.32 Å². The molecule has 120 valence electrons. The van der Waals surface area contributed by atoms with Crippen LogP contribution in [0.5, 0.6) is 0 Å². The Kier molecular flexibility index (Phi) is 5.56. The van der Waals surface area contributed by atoms with Gasteiger partial charge in [0, 0.05) is 43.5 Å². The molecule has 6 heteroatoms. The maximum atomic E-state index is 13.0. The molecular weight excluding hydrogens is 303 g/mol. The quantitative estimate of drug-likeness (QED) is 0.942. The van der Waals surface area contributed by atoms with E-state index in [9.17, 15) is 4.39 Å². The Morgan fingerprint density at radius 1 is 1.27 bits per heavy atom. The molecule has 4 nitrogen and oxygen atoms in total. The van der Waals surface area contributed by atoms with Crippen LogP contribution in [0, 0.1) is 5.82 Å². The molecule has 2 unspecified atom stereocenters. The van der Waals surface area contributed by atoms with Gasteiger partial charge < -0.3 is 5.32 Å². The highest BCUT2D eigenvalue weighted by Crippen LogP contribution is 2.14. The number of halogens is 2. The van der Waals surface area contributed by atoms with Crippen molar-refractivity contribution in [1.29, 1.82) is 0 Å². The van der Waals surface area contributed by atoms with Crippen LogP contribution in [0.15, 0.2) is 36.7 Å².